The molecule has 0 aliphatic carbocycles. The summed E-state index contributed by atoms with van der Waals surface area (Å²) >= 11 is 0. The standard InChI is InChI=1S/C11H18F2N2O4S/c1-2-14-7-9-3-4-11(19-9)20(16,17)15-5-6-18-8-10(12)13/h3-4,10,14-15H,2,5-8H2,1H3. The number of hydrogen-bond acceptors (Lipinski definition) is 5. The molecule has 1 heterocycles. The highest BCUT2D eigenvalue weighted by Gasteiger charge is 2.18. The van der Waals surface area contributed by atoms with E-state index in [4.69, 9.17) is 4.42 Å². The van der Waals surface area contributed by atoms with Crippen molar-refractivity contribution >= 4 is 10.0 Å². The van der Waals surface area contributed by atoms with Crippen LogP contribution in [0.15, 0.2) is 21.6 Å². The molecule has 0 fully saturated rings. The van der Waals surface area contributed by atoms with Gasteiger partial charge in [-0.05, 0) is 18.7 Å². The minimum atomic E-state index is -3.78. The Kier molecular flexibility index (Phi) is 7.06. The fourth-order valence-electron chi connectivity index (χ4n) is 1.34. The number of alkyl halides is 2. The number of furan rings is 1. The zero-order valence-electron chi connectivity index (χ0n) is 11.1. The fraction of sp³-hybridized carbons (Fsp3) is 0.636. The molecule has 0 aromatic carbocycles. The smallest absolute Gasteiger partial charge is 0.274 e. The van der Waals surface area contributed by atoms with Crippen LogP contribution in [0.4, 0.5) is 8.78 Å². The summed E-state index contributed by atoms with van der Waals surface area (Å²) in [6.45, 7) is 2.15. The molecule has 0 aliphatic rings. The van der Waals surface area contributed by atoms with Crippen LogP contribution in [0.5, 0.6) is 0 Å². The average Bonchev–Trinajstić information content (AvgIpc) is 2.85. The molecule has 0 saturated heterocycles. The van der Waals surface area contributed by atoms with Gasteiger partial charge >= 0.3 is 0 Å². The lowest BCUT2D eigenvalue weighted by atomic mass is 10.4. The van der Waals surface area contributed by atoms with Gasteiger partial charge in [-0.3, -0.25) is 0 Å². The highest BCUT2D eigenvalue weighted by molar-refractivity contribution is 7.89. The third-order valence-electron chi connectivity index (χ3n) is 2.23. The largest absolute Gasteiger partial charge is 0.447 e. The van der Waals surface area contributed by atoms with Crippen molar-refractivity contribution < 1.29 is 26.4 Å². The zero-order chi connectivity index (χ0) is 15.0. The van der Waals surface area contributed by atoms with Gasteiger partial charge in [-0.2, -0.15) is 0 Å². The van der Waals surface area contributed by atoms with E-state index in [-0.39, 0.29) is 18.2 Å². The lowest BCUT2D eigenvalue weighted by molar-refractivity contribution is 0.0198. The normalized spacial score (nSPS) is 12.2. The fourth-order valence-corrected chi connectivity index (χ4v) is 2.30. The highest BCUT2D eigenvalue weighted by Crippen LogP contribution is 2.13. The molecule has 0 spiro atoms. The van der Waals surface area contributed by atoms with E-state index in [0.717, 1.165) is 6.54 Å². The van der Waals surface area contributed by atoms with Gasteiger partial charge in [-0.1, -0.05) is 6.92 Å². The van der Waals surface area contributed by atoms with Crippen molar-refractivity contribution in [1.29, 1.82) is 0 Å². The molecule has 0 atom stereocenters. The number of ether oxygens (including phenoxy) is 1. The quantitative estimate of drug-likeness (QED) is 0.629. The van der Waals surface area contributed by atoms with Crippen LogP contribution in [-0.2, 0) is 21.3 Å². The van der Waals surface area contributed by atoms with Crippen LogP contribution in [0, 0.1) is 0 Å². The van der Waals surface area contributed by atoms with Gasteiger partial charge in [0.1, 0.15) is 12.4 Å². The summed E-state index contributed by atoms with van der Waals surface area (Å²) in [6.07, 6.45) is -2.56. The maximum Gasteiger partial charge on any atom is 0.274 e. The molecule has 1 aromatic heterocycles. The first kappa shape index (κ1) is 17.0. The van der Waals surface area contributed by atoms with E-state index in [2.05, 4.69) is 14.8 Å². The van der Waals surface area contributed by atoms with Crippen molar-refractivity contribution in [3.63, 3.8) is 0 Å². The van der Waals surface area contributed by atoms with Crippen LogP contribution in [0.1, 0.15) is 12.7 Å². The molecule has 0 aliphatic heterocycles. The van der Waals surface area contributed by atoms with Crippen LogP contribution in [0.3, 0.4) is 0 Å². The lowest BCUT2D eigenvalue weighted by Crippen LogP contribution is -2.27. The molecule has 1 rings (SSSR count). The Balaban J connectivity index is 2.41. The van der Waals surface area contributed by atoms with Crippen LogP contribution < -0.4 is 10.0 Å². The number of halogens is 2. The Bertz CT molecular complexity index is 490. The van der Waals surface area contributed by atoms with Gasteiger partial charge < -0.3 is 14.5 Å². The molecule has 0 amide bonds. The van der Waals surface area contributed by atoms with Crippen LogP contribution in [0.2, 0.25) is 0 Å². The van der Waals surface area contributed by atoms with E-state index >= 15 is 0 Å². The second kappa shape index (κ2) is 8.30. The van der Waals surface area contributed by atoms with Crippen molar-refractivity contribution in [2.45, 2.75) is 25.0 Å². The van der Waals surface area contributed by atoms with Gasteiger partial charge in [0, 0.05) is 6.54 Å². The number of hydrogen-bond donors (Lipinski definition) is 2. The maximum atomic E-state index is 11.8. The van der Waals surface area contributed by atoms with E-state index in [0.29, 0.717) is 12.3 Å². The summed E-state index contributed by atoms with van der Waals surface area (Å²) in [5.41, 5.74) is 0. The first-order valence-electron chi connectivity index (χ1n) is 6.10. The Hall–Kier alpha value is -1.03. The van der Waals surface area contributed by atoms with Gasteiger partial charge in [0.15, 0.2) is 0 Å². The molecule has 20 heavy (non-hydrogen) atoms. The molecule has 9 heteroatoms. The predicted molar refractivity (Wildman–Crippen MR) is 68.1 cm³/mol. The summed E-state index contributed by atoms with van der Waals surface area (Å²) in [6, 6.07) is 2.90. The molecule has 2 N–H and O–H groups in total. The first-order chi connectivity index (χ1) is 9.45. The molecule has 0 saturated carbocycles. The summed E-state index contributed by atoms with van der Waals surface area (Å²) in [5.74, 6) is 0.501. The molecule has 0 bridgehead atoms. The Labute approximate surface area is 116 Å². The summed E-state index contributed by atoms with van der Waals surface area (Å²) < 4.78 is 59.1. The topological polar surface area (TPSA) is 80.6 Å². The monoisotopic (exact) mass is 312 g/mol. The van der Waals surface area contributed by atoms with Gasteiger partial charge in [0.2, 0.25) is 5.09 Å². The van der Waals surface area contributed by atoms with E-state index in [9.17, 15) is 17.2 Å². The average molecular weight is 312 g/mol. The third-order valence-corrected chi connectivity index (χ3v) is 3.57. The summed E-state index contributed by atoms with van der Waals surface area (Å²) in [4.78, 5) is 0. The van der Waals surface area contributed by atoms with E-state index in [1.165, 1.54) is 6.07 Å². The van der Waals surface area contributed by atoms with Gasteiger partial charge in [-0.25, -0.2) is 21.9 Å². The van der Waals surface area contributed by atoms with E-state index in [1.807, 2.05) is 6.92 Å². The van der Waals surface area contributed by atoms with Crippen molar-refractivity contribution in [1.82, 2.24) is 10.0 Å². The minimum absolute atomic E-state index is 0.0989. The molecule has 6 nitrogen and oxygen atoms in total. The lowest BCUT2D eigenvalue weighted by Gasteiger charge is -2.05. The SMILES string of the molecule is CCNCc1ccc(S(=O)(=O)NCCOCC(F)F)o1. The second-order valence-electron chi connectivity index (χ2n) is 3.86. The molecule has 116 valence electrons. The van der Waals surface area contributed by atoms with Crippen molar-refractivity contribution in [2.75, 3.05) is 26.3 Å². The predicted octanol–water partition coefficient (Wildman–Crippen LogP) is 0.949. The molecule has 1 aromatic rings. The molecular weight excluding hydrogens is 294 g/mol. The first-order valence-corrected chi connectivity index (χ1v) is 7.59. The van der Waals surface area contributed by atoms with Crippen molar-refractivity contribution in [3.8, 4) is 0 Å². The molecule has 0 unspecified atom stereocenters. The third kappa shape index (κ3) is 5.95. The van der Waals surface area contributed by atoms with E-state index < -0.39 is 23.1 Å². The Morgan fingerprint density at radius 3 is 2.80 bits per heavy atom. The second-order valence-corrected chi connectivity index (χ2v) is 5.56. The Morgan fingerprint density at radius 1 is 1.40 bits per heavy atom. The van der Waals surface area contributed by atoms with Crippen LogP contribution >= 0.6 is 0 Å². The maximum absolute atomic E-state index is 11.8. The van der Waals surface area contributed by atoms with E-state index in [1.54, 1.807) is 6.07 Å². The number of nitrogens with one attached hydrogen (secondary N) is 2. The summed E-state index contributed by atoms with van der Waals surface area (Å²) in [7, 11) is -3.78. The zero-order valence-corrected chi connectivity index (χ0v) is 11.9. The van der Waals surface area contributed by atoms with Crippen LogP contribution in [0.25, 0.3) is 0 Å². The number of sulfonamides is 1. The van der Waals surface area contributed by atoms with Crippen LogP contribution in [-0.4, -0.2) is 41.1 Å². The number of rotatable bonds is 10. The van der Waals surface area contributed by atoms with Crippen molar-refractivity contribution in [2.24, 2.45) is 0 Å². The van der Waals surface area contributed by atoms with Gasteiger partial charge in [0.25, 0.3) is 16.4 Å². The van der Waals surface area contributed by atoms with Crippen molar-refractivity contribution in [3.05, 3.63) is 17.9 Å². The van der Waals surface area contributed by atoms with Gasteiger partial charge in [-0.15, -0.1) is 0 Å². The Morgan fingerprint density at radius 2 is 2.15 bits per heavy atom. The summed E-state index contributed by atoms with van der Waals surface area (Å²) in [5, 5.41) is 2.79. The molecule has 0 radical (unpaired) electrons. The van der Waals surface area contributed by atoms with Gasteiger partial charge in [0.05, 0.1) is 13.2 Å². The minimum Gasteiger partial charge on any atom is -0.447 e. The highest BCUT2D eigenvalue weighted by atomic mass is 32.2. The molecular formula is C11H18F2N2O4S.